The summed E-state index contributed by atoms with van der Waals surface area (Å²) in [6.45, 7) is 0. The van der Waals surface area contributed by atoms with Crippen molar-refractivity contribution in [3.8, 4) is 17.2 Å². The Balaban J connectivity index is 2.01. The summed E-state index contributed by atoms with van der Waals surface area (Å²) in [5.74, 6) is -4.97. The van der Waals surface area contributed by atoms with Crippen LogP contribution >= 0.6 is 11.6 Å². The molecule has 0 atom stereocenters. The molecule has 0 aliphatic heterocycles. The van der Waals surface area contributed by atoms with Crippen molar-refractivity contribution in [1.29, 1.82) is 0 Å². The molecule has 2 aromatic carbocycles. The van der Waals surface area contributed by atoms with Crippen LogP contribution in [-0.2, 0) is 6.18 Å². The number of nitrogens with zero attached hydrogens (tertiary/aromatic N) is 1. The Kier molecular flexibility index (Phi) is 6.68. The standard InChI is InChI=1S/C20H10ClF7N2O3/c21-13-8-11(33-20(26,27)28)3-5-14(13)32-15-6-4-12(19(23,24)25)17(22)16(15)18(31)30-10-2-1-7-29-9-10/h1-9H,(H,30,31). The number of aromatic nitrogens is 1. The minimum atomic E-state index is -5.12. The molecule has 0 aliphatic carbocycles. The average Bonchev–Trinajstić information content (AvgIpc) is 2.68. The first-order valence-corrected chi connectivity index (χ1v) is 9.07. The molecular formula is C20H10ClF7N2O3. The third-order valence-corrected chi connectivity index (χ3v) is 4.21. The number of benzene rings is 2. The van der Waals surface area contributed by atoms with Crippen LogP contribution in [0.4, 0.5) is 36.4 Å². The van der Waals surface area contributed by atoms with E-state index in [4.69, 9.17) is 16.3 Å². The monoisotopic (exact) mass is 494 g/mol. The molecule has 0 fully saturated rings. The molecule has 3 aromatic rings. The number of rotatable bonds is 5. The van der Waals surface area contributed by atoms with E-state index in [0.29, 0.717) is 12.1 Å². The van der Waals surface area contributed by atoms with Gasteiger partial charge in [0.05, 0.1) is 22.5 Å². The van der Waals surface area contributed by atoms with Crippen molar-refractivity contribution < 1.29 is 45.0 Å². The van der Waals surface area contributed by atoms with E-state index < -0.39 is 51.9 Å². The van der Waals surface area contributed by atoms with Gasteiger partial charge >= 0.3 is 12.5 Å². The van der Waals surface area contributed by atoms with Crippen LogP contribution in [0, 0.1) is 5.82 Å². The molecule has 13 heteroatoms. The fourth-order valence-corrected chi connectivity index (χ4v) is 2.79. The zero-order valence-electron chi connectivity index (χ0n) is 15.9. The number of nitrogens with one attached hydrogen (secondary N) is 1. The summed E-state index contributed by atoms with van der Waals surface area (Å²) in [6.07, 6.45) is -7.59. The van der Waals surface area contributed by atoms with Crippen molar-refractivity contribution in [3.05, 3.63) is 76.8 Å². The number of amides is 1. The molecule has 33 heavy (non-hydrogen) atoms. The molecule has 174 valence electrons. The lowest BCUT2D eigenvalue weighted by Crippen LogP contribution is -2.19. The molecule has 5 nitrogen and oxygen atoms in total. The number of carbonyl (C=O) groups excluding carboxylic acids is 1. The molecule has 1 heterocycles. The van der Waals surface area contributed by atoms with Gasteiger partial charge in [-0.15, -0.1) is 13.2 Å². The van der Waals surface area contributed by atoms with E-state index >= 15 is 0 Å². The Bertz CT molecular complexity index is 1170. The predicted molar refractivity (Wildman–Crippen MR) is 102 cm³/mol. The summed E-state index contributed by atoms with van der Waals surface area (Å²) in [4.78, 5) is 16.3. The molecule has 1 N–H and O–H groups in total. The first-order chi connectivity index (χ1) is 15.3. The van der Waals surface area contributed by atoms with Crippen molar-refractivity contribution in [2.45, 2.75) is 12.5 Å². The van der Waals surface area contributed by atoms with Gasteiger partial charge in [-0.1, -0.05) is 11.6 Å². The number of pyridine rings is 1. The minimum absolute atomic E-state index is 0.0527. The minimum Gasteiger partial charge on any atom is -0.455 e. The number of hydrogen-bond donors (Lipinski definition) is 1. The van der Waals surface area contributed by atoms with E-state index in [-0.39, 0.29) is 11.4 Å². The normalized spacial score (nSPS) is 11.8. The topological polar surface area (TPSA) is 60.5 Å². The zero-order valence-corrected chi connectivity index (χ0v) is 16.6. The van der Waals surface area contributed by atoms with Gasteiger partial charge in [-0.3, -0.25) is 9.78 Å². The lowest BCUT2D eigenvalue weighted by molar-refractivity contribution is -0.274. The molecule has 0 saturated heterocycles. The van der Waals surface area contributed by atoms with Crippen molar-refractivity contribution >= 4 is 23.2 Å². The van der Waals surface area contributed by atoms with Crippen molar-refractivity contribution in [2.24, 2.45) is 0 Å². The second kappa shape index (κ2) is 9.14. The highest BCUT2D eigenvalue weighted by molar-refractivity contribution is 6.32. The van der Waals surface area contributed by atoms with Gasteiger partial charge in [0.25, 0.3) is 5.91 Å². The molecule has 1 amide bonds. The quantitative estimate of drug-likeness (QED) is 0.395. The first-order valence-electron chi connectivity index (χ1n) is 8.69. The van der Waals surface area contributed by atoms with Crippen LogP contribution < -0.4 is 14.8 Å². The molecular weight excluding hydrogens is 485 g/mol. The first kappa shape index (κ1) is 24.1. The zero-order chi connectivity index (χ0) is 24.4. The molecule has 0 radical (unpaired) electrons. The van der Waals surface area contributed by atoms with Gasteiger partial charge in [-0.05, 0) is 36.4 Å². The van der Waals surface area contributed by atoms with Crippen LogP contribution in [0.2, 0.25) is 5.02 Å². The van der Waals surface area contributed by atoms with Crippen LogP contribution in [0.1, 0.15) is 15.9 Å². The highest BCUT2D eigenvalue weighted by Gasteiger charge is 2.37. The van der Waals surface area contributed by atoms with Gasteiger partial charge < -0.3 is 14.8 Å². The molecule has 0 saturated carbocycles. The van der Waals surface area contributed by atoms with Gasteiger partial charge in [0.1, 0.15) is 22.8 Å². The third-order valence-electron chi connectivity index (χ3n) is 3.91. The largest absolute Gasteiger partial charge is 0.573 e. The Morgan fingerprint density at radius 2 is 1.70 bits per heavy atom. The average molecular weight is 495 g/mol. The number of ether oxygens (including phenoxy) is 2. The second-order valence-corrected chi connectivity index (χ2v) is 6.64. The summed E-state index contributed by atoms with van der Waals surface area (Å²) < 4.78 is 100. The van der Waals surface area contributed by atoms with E-state index in [1.54, 1.807) is 0 Å². The summed E-state index contributed by atoms with van der Waals surface area (Å²) >= 11 is 5.86. The third kappa shape index (κ3) is 6.04. The smallest absolute Gasteiger partial charge is 0.455 e. The Morgan fingerprint density at radius 3 is 2.27 bits per heavy atom. The lowest BCUT2D eigenvalue weighted by atomic mass is 10.1. The molecule has 0 aliphatic rings. The lowest BCUT2D eigenvalue weighted by Gasteiger charge is -2.17. The summed E-state index contributed by atoms with van der Waals surface area (Å²) in [6, 6.07) is 6.24. The maximum atomic E-state index is 14.8. The maximum Gasteiger partial charge on any atom is 0.573 e. The molecule has 3 rings (SSSR count). The van der Waals surface area contributed by atoms with Gasteiger partial charge in [0.15, 0.2) is 5.82 Å². The number of hydrogen-bond acceptors (Lipinski definition) is 4. The van der Waals surface area contributed by atoms with E-state index in [1.165, 1.54) is 24.5 Å². The number of carbonyl (C=O) groups is 1. The Morgan fingerprint density at radius 1 is 1.00 bits per heavy atom. The second-order valence-electron chi connectivity index (χ2n) is 6.24. The fourth-order valence-electron chi connectivity index (χ4n) is 2.58. The van der Waals surface area contributed by atoms with Crippen molar-refractivity contribution in [2.75, 3.05) is 5.32 Å². The molecule has 0 bridgehead atoms. The highest BCUT2D eigenvalue weighted by Crippen LogP contribution is 2.39. The SMILES string of the molecule is O=C(Nc1cccnc1)c1c(Oc2ccc(OC(F)(F)F)cc2Cl)ccc(C(F)(F)F)c1F. The fraction of sp³-hybridized carbons (Fsp3) is 0.100. The van der Waals surface area contributed by atoms with Gasteiger partial charge in [0, 0.05) is 12.3 Å². The molecule has 0 unspecified atom stereocenters. The summed E-state index contributed by atoms with van der Waals surface area (Å²) in [5, 5.41) is 1.74. The van der Waals surface area contributed by atoms with Crippen molar-refractivity contribution in [3.63, 3.8) is 0 Å². The number of halogens is 8. The molecule has 1 aromatic heterocycles. The molecule has 0 spiro atoms. The maximum absolute atomic E-state index is 14.8. The van der Waals surface area contributed by atoms with Gasteiger partial charge in [-0.2, -0.15) is 13.2 Å². The highest BCUT2D eigenvalue weighted by atomic mass is 35.5. The van der Waals surface area contributed by atoms with Crippen LogP contribution in [0.15, 0.2) is 54.9 Å². The predicted octanol–water partition coefficient (Wildman–Crippen LogP) is 6.84. The van der Waals surface area contributed by atoms with Crippen molar-refractivity contribution in [1.82, 2.24) is 4.98 Å². The number of anilines is 1. The van der Waals surface area contributed by atoms with E-state index in [2.05, 4.69) is 15.0 Å². The van der Waals surface area contributed by atoms with Gasteiger partial charge in [-0.25, -0.2) is 4.39 Å². The van der Waals surface area contributed by atoms with Crippen LogP contribution in [-0.4, -0.2) is 17.3 Å². The van der Waals surface area contributed by atoms with Crippen LogP contribution in [0.3, 0.4) is 0 Å². The summed E-state index contributed by atoms with van der Waals surface area (Å²) in [5.41, 5.74) is -2.79. The Labute approximate surface area is 185 Å². The van der Waals surface area contributed by atoms with Crippen LogP contribution in [0.5, 0.6) is 17.2 Å². The van der Waals surface area contributed by atoms with E-state index in [0.717, 1.165) is 18.2 Å². The van der Waals surface area contributed by atoms with E-state index in [9.17, 15) is 35.5 Å². The summed E-state index contributed by atoms with van der Waals surface area (Å²) in [7, 11) is 0. The Hall–Kier alpha value is -3.54. The number of alkyl halides is 6. The van der Waals surface area contributed by atoms with Gasteiger partial charge in [0.2, 0.25) is 0 Å². The van der Waals surface area contributed by atoms with E-state index in [1.807, 2.05) is 0 Å². The van der Waals surface area contributed by atoms with Crippen LogP contribution in [0.25, 0.3) is 0 Å².